The van der Waals surface area contributed by atoms with Crippen molar-refractivity contribution in [3.05, 3.63) is 23.8 Å². The van der Waals surface area contributed by atoms with E-state index >= 15 is 0 Å². The lowest BCUT2D eigenvalue weighted by atomic mass is 9.93. The zero-order valence-corrected chi connectivity index (χ0v) is 14.1. The van der Waals surface area contributed by atoms with Gasteiger partial charge in [0.15, 0.2) is 11.5 Å². The minimum absolute atomic E-state index is 0.0112. The summed E-state index contributed by atoms with van der Waals surface area (Å²) in [6.07, 6.45) is -0.134. The van der Waals surface area contributed by atoms with Crippen LogP contribution in [0.15, 0.2) is 18.2 Å². The lowest BCUT2D eigenvalue weighted by Gasteiger charge is -2.25. The Morgan fingerprint density at radius 2 is 1.88 bits per heavy atom. The number of primary amides is 1. The largest absolute Gasteiger partial charge is 0.504 e. The fourth-order valence-corrected chi connectivity index (χ4v) is 3.44. The van der Waals surface area contributed by atoms with Gasteiger partial charge in [-0.2, -0.15) is 0 Å². The van der Waals surface area contributed by atoms with Gasteiger partial charge in [0.05, 0.1) is 5.54 Å². The number of carbonyl (C=O) groups is 3. The van der Waals surface area contributed by atoms with Crippen molar-refractivity contribution in [1.29, 1.82) is 0 Å². The number of aromatic hydroxyl groups is 2. The number of amides is 2. The van der Waals surface area contributed by atoms with Crippen molar-refractivity contribution in [3.8, 4) is 11.5 Å². The van der Waals surface area contributed by atoms with Crippen LogP contribution in [0.25, 0.3) is 0 Å². The van der Waals surface area contributed by atoms with E-state index in [4.69, 9.17) is 16.6 Å². The Bertz CT molecular complexity index is 649. The van der Waals surface area contributed by atoms with Crippen molar-refractivity contribution in [1.82, 2.24) is 4.98 Å². The molecular formula is C14H20N3O6Si. The molecule has 0 saturated carbocycles. The number of carboxylic acid groups (broad SMARTS) is 1. The molecule has 1 atom stereocenters. The Morgan fingerprint density at radius 1 is 1.25 bits per heavy atom. The SMILES string of the molecule is C[C@@](N)(Cc1ccc(O)c(O)c1)C(=O)N[Si](CCC(N)=O)C(=O)O. The van der Waals surface area contributed by atoms with Crippen molar-refractivity contribution in [3.63, 3.8) is 0 Å². The van der Waals surface area contributed by atoms with Gasteiger partial charge in [0, 0.05) is 6.42 Å². The molecule has 0 spiro atoms. The zero-order valence-electron chi connectivity index (χ0n) is 13.1. The Morgan fingerprint density at radius 3 is 2.38 bits per heavy atom. The number of benzene rings is 1. The molecule has 0 fully saturated rings. The van der Waals surface area contributed by atoms with E-state index in [-0.39, 0.29) is 30.4 Å². The molecule has 24 heavy (non-hydrogen) atoms. The maximum Gasteiger partial charge on any atom is 0.308 e. The summed E-state index contributed by atoms with van der Waals surface area (Å²) in [5.41, 5.74) is 8.80. The van der Waals surface area contributed by atoms with Gasteiger partial charge in [0.25, 0.3) is 5.59 Å². The summed E-state index contributed by atoms with van der Waals surface area (Å²) in [5.74, 6) is -1.98. The average molecular weight is 354 g/mol. The fraction of sp³-hybridized carbons (Fsp3) is 0.357. The number of phenols is 2. The molecule has 0 heterocycles. The third-order valence-corrected chi connectivity index (χ3v) is 5.07. The summed E-state index contributed by atoms with van der Waals surface area (Å²) in [5, 5.41) is 27.9. The number of rotatable bonds is 8. The van der Waals surface area contributed by atoms with Gasteiger partial charge in [-0.3, -0.25) is 14.4 Å². The van der Waals surface area contributed by atoms with Gasteiger partial charge in [-0.15, -0.1) is 0 Å². The first kappa shape index (κ1) is 19.5. The quantitative estimate of drug-likeness (QED) is 0.272. The molecule has 0 aliphatic rings. The van der Waals surface area contributed by atoms with E-state index in [1.165, 1.54) is 25.1 Å². The van der Waals surface area contributed by atoms with Crippen molar-refractivity contribution in [2.24, 2.45) is 11.5 Å². The van der Waals surface area contributed by atoms with Gasteiger partial charge >= 0.3 is 8.96 Å². The van der Waals surface area contributed by atoms with Crippen LogP contribution in [0.1, 0.15) is 18.9 Å². The molecule has 0 aliphatic carbocycles. The van der Waals surface area contributed by atoms with E-state index < -0.39 is 31.9 Å². The predicted molar refractivity (Wildman–Crippen MR) is 86.6 cm³/mol. The third kappa shape index (κ3) is 5.55. The van der Waals surface area contributed by atoms with Crippen LogP contribution in [0.4, 0.5) is 4.79 Å². The van der Waals surface area contributed by atoms with Gasteiger partial charge in [0.2, 0.25) is 11.8 Å². The molecule has 2 amide bonds. The number of hydrogen-bond acceptors (Lipinski definition) is 6. The molecule has 131 valence electrons. The highest BCUT2D eigenvalue weighted by Crippen LogP contribution is 2.26. The monoisotopic (exact) mass is 354 g/mol. The second-order valence-corrected chi connectivity index (χ2v) is 7.76. The summed E-state index contributed by atoms with van der Waals surface area (Å²) < 4.78 is 0. The van der Waals surface area contributed by atoms with Gasteiger partial charge in [-0.25, -0.2) is 0 Å². The topological polar surface area (TPSA) is 176 Å². The summed E-state index contributed by atoms with van der Waals surface area (Å²) in [6.45, 7) is 1.42. The summed E-state index contributed by atoms with van der Waals surface area (Å²) in [7, 11) is -2.40. The molecule has 1 radical (unpaired) electrons. The predicted octanol–water partition coefficient (Wildman–Crippen LogP) is -0.400. The first-order valence-electron chi connectivity index (χ1n) is 7.01. The Labute approximate surface area is 140 Å². The smallest absolute Gasteiger partial charge is 0.308 e. The maximum absolute atomic E-state index is 12.3. The summed E-state index contributed by atoms with van der Waals surface area (Å²) in [4.78, 5) is 36.6. The maximum atomic E-state index is 12.3. The standard InChI is InChI=1S/C14H20N3O6Si/c1-14(16,7-8-2-3-9(18)10(19)6-8)12(21)17-24(13(22)23)5-4-11(15)20/h2-3,6,18-19H,4-5,7,16H2,1H3,(H2,15,20)(H,17,21)(H,22,23)/t14-/m1/s1. The van der Waals surface area contributed by atoms with Crippen LogP contribution in [-0.4, -0.2) is 47.2 Å². The van der Waals surface area contributed by atoms with Crippen LogP contribution in [-0.2, 0) is 16.0 Å². The first-order valence-corrected chi connectivity index (χ1v) is 8.72. The van der Waals surface area contributed by atoms with Crippen LogP contribution in [0.3, 0.4) is 0 Å². The Kier molecular flexibility index (Phi) is 6.32. The van der Waals surface area contributed by atoms with Gasteiger partial charge < -0.3 is 31.8 Å². The molecule has 8 N–H and O–H groups in total. The molecule has 9 nitrogen and oxygen atoms in total. The minimum atomic E-state index is -2.40. The highest BCUT2D eigenvalue weighted by Gasteiger charge is 2.34. The second kappa shape index (κ2) is 7.79. The molecule has 0 saturated heterocycles. The number of nitrogens with two attached hydrogens (primary N) is 2. The number of phenolic OH excluding ortho intramolecular Hbond substituents is 2. The number of nitrogens with one attached hydrogen (secondary N) is 1. The van der Waals surface area contributed by atoms with Crippen molar-refractivity contribution in [2.75, 3.05) is 0 Å². The van der Waals surface area contributed by atoms with Crippen LogP contribution in [0, 0.1) is 0 Å². The fourth-order valence-electron chi connectivity index (χ4n) is 1.93. The first-order chi connectivity index (χ1) is 11.0. The zero-order chi connectivity index (χ0) is 18.5. The van der Waals surface area contributed by atoms with Crippen LogP contribution >= 0.6 is 0 Å². The highest BCUT2D eigenvalue weighted by molar-refractivity contribution is 6.88. The van der Waals surface area contributed by atoms with E-state index in [0.29, 0.717) is 5.56 Å². The third-order valence-electron chi connectivity index (χ3n) is 3.27. The van der Waals surface area contributed by atoms with E-state index in [1.807, 2.05) is 0 Å². The van der Waals surface area contributed by atoms with Crippen LogP contribution in [0.2, 0.25) is 6.04 Å². The van der Waals surface area contributed by atoms with Crippen molar-refractivity contribution in [2.45, 2.75) is 31.3 Å². The highest BCUT2D eigenvalue weighted by atomic mass is 28.3. The van der Waals surface area contributed by atoms with Crippen LogP contribution < -0.4 is 16.4 Å². The number of carbonyl (C=O) groups excluding carboxylic acids is 2. The van der Waals surface area contributed by atoms with Gasteiger partial charge in [0.1, 0.15) is 0 Å². The lowest BCUT2D eigenvalue weighted by molar-refractivity contribution is -0.124. The normalized spacial score (nSPS) is 13.3. The molecular weight excluding hydrogens is 334 g/mol. The molecule has 0 aromatic heterocycles. The molecule has 10 heteroatoms. The molecule has 0 bridgehead atoms. The second-order valence-electron chi connectivity index (χ2n) is 5.62. The van der Waals surface area contributed by atoms with Crippen molar-refractivity contribution < 1.29 is 29.7 Å². The van der Waals surface area contributed by atoms with E-state index in [1.54, 1.807) is 0 Å². The minimum Gasteiger partial charge on any atom is -0.504 e. The van der Waals surface area contributed by atoms with E-state index in [0.717, 1.165) is 0 Å². The summed E-state index contributed by atoms with van der Waals surface area (Å²) >= 11 is 0. The van der Waals surface area contributed by atoms with E-state index in [9.17, 15) is 24.6 Å². The lowest BCUT2D eigenvalue weighted by Crippen LogP contribution is -2.58. The molecule has 1 aromatic carbocycles. The van der Waals surface area contributed by atoms with Gasteiger partial charge in [-0.05, 0) is 37.1 Å². The van der Waals surface area contributed by atoms with E-state index in [2.05, 4.69) is 4.98 Å². The average Bonchev–Trinajstić information content (AvgIpc) is 2.46. The molecule has 0 unspecified atom stereocenters. The molecule has 0 aliphatic heterocycles. The Balaban J connectivity index is 2.80. The molecule has 1 aromatic rings. The Hall–Kier alpha value is -2.59. The molecule has 1 rings (SSSR count). The number of hydrogen-bond donors (Lipinski definition) is 6. The summed E-state index contributed by atoms with van der Waals surface area (Å²) in [6, 6.07) is 3.97. The van der Waals surface area contributed by atoms with Crippen molar-refractivity contribution >= 4 is 26.4 Å². The van der Waals surface area contributed by atoms with Crippen LogP contribution in [0.5, 0.6) is 11.5 Å². The van der Waals surface area contributed by atoms with Gasteiger partial charge in [-0.1, -0.05) is 6.07 Å².